The van der Waals surface area contributed by atoms with Crippen LogP contribution in [0, 0.1) is 16.7 Å². The summed E-state index contributed by atoms with van der Waals surface area (Å²) in [5.74, 6) is 0. The summed E-state index contributed by atoms with van der Waals surface area (Å²) in [6.45, 7) is 6.73. The molecule has 1 aliphatic rings. The van der Waals surface area contributed by atoms with Crippen LogP contribution in [0.5, 0.6) is 0 Å². The molecule has 0 aliphatic carbocycles. The molecule has 0 amide bonds. The molecular formula is C16H21BrN2. The van der Waals surface area contributed by atoms with Crippen molar-refractivity contribution in [2.24, 2.45) is 5.41 Å². The van der Waals surface area contributed by atoms with Crippen LogP contribution in [0.4, 0.5) is 5.69 Å². The summed E-state index contributed by atoms with van der Waals surface area (Å²) in [6.07, 6.45) is 3.69. The molecule has 2 nitrogen and oxygen atoms in total. The number of benzene rings is 1. The second-order valence-corrected chi connectivity index (χ2v) is 6.04. The van der Waals surface area contributed by atoms with E-state index >= 15 is 0 Å². The minimum absolute atomic E-state index is 0.445. The zero-order valence-electron chi connectivity index (χ0n) is 11.7. The monoisotopic (exact) mass is 320 g/mol. The lowest BCUT2D eigenvalue weighted by molar-refractivity contribution is 0.301. The summed E-state index contributed by atoms with van der Waals surface area (Å²) in [6, 6.07) is 8.57. The summed E-state index contributed by atoms with van der Waals surface area (Å²) in [7, 11) is 0. The molecule has 0 N–H and O–H groups in total. The van der Waals surface area contributed by atoms with E-state index in [9.17, 15) is 5.26 Å². The van der Waals surface area contributed by atoms with Crippen molar-refractivity contribution in [3.05, 3.63) is 29.3 Å². The van der Waals surface area contributed by atoms with Crippen LogP contribution in [-0.4, -0.2) is 13.1 Å². The van der Waals surface area contributed by atoms with Crippen molar-refractivity contribution in [3.8, 4) is 6.07 Å². The highest BCUT2D eigenvalue weighted by molar-refractivity contribution is 9.08. The number of alkyl halides is 1. The van der Waals surface area contributed by atoms with Crippen LogP contribution in [-0.2, 0) is 5.33 Å². The number of rotatable bonds is 4. The molecule has 0 radical (unpaired) electrons. The van der Waals surface area contributed by atoms with Crippen molar-refractivity contribution in [2.75, 3.05) is 18.0 Å². The molecule has 1 fully saturated rings. The van der Waals surface area contributed by atoms with Gasteiger partial charge in [-0.2, -0.15) is 5.26 Å². The largest absolute Gasteiger partial charge is 0.370 e. The van der Waals surface area contributed by atoms with E-state index in [4.69, 9.17) is 0 Å². The first kappa shape index (κ1) is 14.4. The SMILES string of the molecule is CCC1(CC)CCN(c2ccc(CBr)cc2C#N)C1. The topological polar surface area (TPSA) is 27.0 Å². The summed E-state index contributed by atoms with van der Waals surface area (Å²) in [5.41, 5.74) is 3.52. The number of anilines is 1. The third kappa shape index (κ3) is 2.79. The molecule has 2 rings (SSSR count). The molecule has 102 valence electrons. The lowest BCUT2D eigenvalue weighted by atomic mass is 9.82. The average Bonchev–Trinajstić information content (AvgIpc) is 2.91. The van der Waals surface area contributed by atoms with E-state index in [1.165, 1.54) is 19.3 Å². The van der Waals surface area contributed by atoms with Crippen LogP contribution in [0.3, 0.4) is 0 Å². The van der Waals surface area contributed by atoms with Gasteiger partial charge in [0.2, 0.25) is 0 Å². The van der Waals surface area contributed by atoms with Gasteiger partial charge >= 0.3 is 0 Å². The zero-order chi connectivity index (χ0) is 13.9. The molecule has 0 atom stereocenters. The first-order valence-corrected chi connectivity index (χ1v) is 8.14. The van der Waals surface area contributed by atoms with Crippen LogP contribution >= 0.6 is 15.9 Å². The highest BCUT2D eigenvalue weighted by Crippen LogP contribution is 2.39. The zero-order valence-corrected chi connectivity index (χ0v) is 13.3. The molecule has 0 spiro atoms. The minimum Gasteiger partial charge on any atom is -0.370 e. The summed E-state index contributed by atoms with van der Waals surface area (Å²) in [5, 5.41) is 10.2. The van der Waals surface area contributed by atoms with Gasteiger partial charge in [-0.1, -0.05) is 35.8 Å². The second-order valence-electron chi connectivity index (χ2n) is 5.48. The first-order valence-electron chi connectivity index (χ1n) is 7.02. The van der Waals surface area contributed by atoms with Gasteiger partial charge in [0, 0.05) is 18.4 Å². The first-order chi connectivity index (χ1) is 9.18. The molecule has 1 aliphatic heterocycles. The number of nitrogens with zero attached hydrogens (tertiary/aromatic N) is 2. The number of halogens is 1. The Morgan fingerprint density at radius 2 is 2.11 bits per heavy atom. The maximum absolute atomic E-state index is 9.35. The quantitative estimate of drug-likeness (QED) is 0.765. The van der Waals surface area contributed by atoms with Gasteiger partial charge < -0.3 is 4.90 Å². The standard InChI is InChI=1S/C16H21BrN2/c1-3-16(4-2)7-8-19(12-16)15-6-5-13(10-17)9-14(15)11-18/h5-6,9H,3-4,7-8,10,12H2,1-2H3. The Bertz CT molecular complexity index is 486. The van der Waals surface area contributed by atoms with Gasteiger partial charge in [-0.15, -0.1) is 0 Å². The van der Waals surface area contributed by atoms with Crippen LogP contribution in [0.2, 0.25) is 0 Å². The molecule has 0 aromatic heterocycles. The van der Waals surface area contributed by atoms with Crippen molar-refractivity contribution >= 4 is 21.6 Å². The number of nitriles is 1. The van der Waals surface area contributed by atoms with Crippen LogP contribution in [0.25, 0.3) is 0 Å². The molecule has 1 heterocycles. The molecule has 0 unspecified atom stereocenters. The van der Waals surface area contributed by atoms with E-state index in [1.54, 1.807) is 0 Å². The predicted molar refractivity (Wildman–Crippen MR) is 83.6 cm³/mol. The van der Waals surface area contributed by atoms with Gasteiger partial charge in [0.15, 0.2) is 0 Å². The number of hydrogen-bond donors (Lipinski definition) is 0. The van der Waals surface area contributed by atoms with Crippen molar-refractivity contribution in [1.29, 1.82) is 5.26 Å². The van der Waals surface area contributed by atoms with Crippen molar-refractivity contribution < 1.29 is 0 Å². The predicted octanol–water partition coefficient (Wildman–Crippen LogP) is 4.47. The lowest BCUT2D eigenvalue weighted by Gasteiger charge is -2.27. The number of hydrogen-bond acceptors (Lipinski definition) is 2. The Morgan fingerprint density at radius 1 is 1.37 bits per heavy atom. The second kappa shape index (κ2) is 5.96. The highest BCUT2D eigenvalue weighted by Gasteiger charge is 2.35. The molecule has 0 bridgehead atoms. The van der Waals surface area contributed by atoms with Crippen LogP contribution in [0.15, 0.2) is 18.2 Å². The lowest BCUT2D eigenvalue weighted by Crippen LogP contribution is -2.26. The maximum atomic E-state index is 9.35. The Kier molecular flexibility index (Phi) is 4.52. The molecule has 19 heavy (non-hydrogen) atoms. The van der Waals surface area contributed by atoms with Crippen molar-refractivity contribution in [1.82, 2.24) is 0 Å². The Morgan fingerprint density at radius 3 is 2.63 bits per heavy atom. The van der Waals surface area contributed by atoms with Crippen LogP contribution in [0.1, 0.15) is 44.2 Å². The fourth-order valence-electron chi connectivity index (χ4n) is 3.00. The van der Waals surface area contributed by atoms with Gasteiger partial charge in [0.25, 0.3) is 0 Å². The van der Waals surface area contributed by atoms with Gasteiger partial charge in [0.1, 0.15) is 6.07 Å². The Hall–Kier alpha value is -1.01. The van der Waals surface area contributed by atoms with E-state index in [-0.39, 0.29) is 0 Å². The van der Waals surface area contributed by atoms with Crippen molar-refractivity contribution in [3.63, 3.8) is 0 Å². The third-order valence-corrected chi connectivity index (χ3v) is 5.26. The molecule has 0 saturated carbocycles. The van der Waals surface area contributed by atoms with E-state index < -0.39 is 0 Å². The molecular weight excluding hydrogens is 300 g/mol. The fourth-order valence-corrected chi connectivity index (χ4v) is 3.35. The van der Waals surface area contributed by atoms with Gasteiger partial charge in [-0.25, -0.2) is 0 Å². The Labute approximate surface area is 124 Å². The van der Waals surface area contributed by atoms with E-state index in [0.717, 1.165) is 35.2 Å². The van der Waals surface area contributed by atoms with E-state index in [0.29, 0.717) is 5.41 Å². The molecule has 1 aromatic carbocycles. The van der Waals surface area contributed by atoms with Gasteiger partial charge in [-0.3, -0.25) is 0 Å². The Balaban J connectivity index is 2.27. The maximum Gasteiger partial charge on any atom is 0.101 e. The van der Waals surface area contributed by atoms with Crippen LogP contribution < -0.4 is 4.90 Å². The smallest absolute Gasteiger partial charge is 0.101 e. The summed E-state index contributed by atoms with van der Waals surface area (Å²) in [4.78, 5) is 2.39. The molecule has 1 saturated heterocycles. The minimum atomic E-state index is 0.445. The highest BCUT2D eigenvalue weighted by atomic mass is 79.9. The average molecular weight is 321 g/mol. The van der Waals surface area contributed by atoms with E-state index in [1.807, 2.05) is 6.07 Å². The van der Waals surface area contributed by atoms with Crippen molar-refractivity contribution in [2.45, 2.75) is 38.4 Å². The normalized spacial score (nSPS) is 17.5. The van der Waals surface area contributed by atoms with E-state index in [2.05, 4.69) is 52.9 Å². The molecule has 3 heteroatoms. The fraction of sp³-hybridized carbons (Fsp3) is 0.562. The van der Waals surface area contributed by atoms with Gasteiger partial charge in [-0.05, 0) is 42.4 Å². The summed E-state index contributed by atoms with van der Waals surface area (Å²) >= 11 is 3.45. The third-order valence-electron chi connectivity index (χ3n) is 4.61. The summed E-state index contributed by atoms with van der Waals surface area (Å²) < 4.78 is 0. The molecule has 1 aromatic rings. The van der Waals surface area contributed by atoms with Gasteiger partial charge in [0.05, 0.1) is 11.3 Å².